The van der Waals surface area contributed by atoms with Crippen LogP contribution in [0.4, 0.5) is 5.69 Å². The third-order valence-corrected chi connectivity index (χ3v) is 8.99. The number of aryl methyl sites for hydroxylation is 2. The fourth-order valence-corrected chi connectivity index (χ4v) is 6.39. The summed E-state index contributed by atoms with van der Waals surface area (Å²) < 4.78 is 2.05. The second-order valence-electron chi connectivity index (χ2n) is 11.9. The Bertz CT molecular complexity index is 1600. The molecule has 4 N–H and O–H groups in total. The highest BCUT2D eigenvalue weighted by Crippen LogP contribution is 2.30. The molecule has 0 spiro atoms. The number of hydrogen-bond acceptors (Lipinski definition) is 7. The third kappa shape index (κ3) is 7.29. The molecule has 4 heterocycles. The third-order valence-electron chi connectivity index (χ3n) is 8.99. The minimum atomic E-state index is -0.350. The van der Waals surface area contributed by atoms with Crippen LogP contribution >= 0.6 is 12.4 Å². The van der Waals surface area contributed by atoms with E-state index < -0.39 is 0 Å². The Morgan fingerprint density at radius 1 is 1.00 bits per heavy atom. The quantitative estimate of drug-likeness (QED) is 0.166. The largest absolute Gasteiger partial charge is 0.374 e. The van der Waals surface area contributed by atoms with Crippen molar-refractivity contribution >= 4 is 40.9 Å². The molecule has 1 atom stereocenters. The van der Waals surface area contributed by atoms with Crippen LogP contribution in [0.3, 0.4) is 0 Å². The zero-order valence-corrected chi connectivity index (χ0v) is 26.1. The summed E-state index contributed by atoms with van der Waals surface area (Å²) in [7, 11) is 0. The number of nitrogens with zero attached hydrogens (tertiary/aromatic N) is 4. The van der Waals surface area contributed by atoms with E-state index in [9.17, 15) is 9.59 Å². The van der Waals surface area contributed by atoms with Crippen LogP contribution in [0.1, 0.15) is 61.1 Å². The van der Waals surface area contributed by atoms with Gasteiger partial charge in [0, 0.05) is 37.0 Å². The van der Waals surface area contributed by atoms with Crippen LogP contribution in [0, 0.1) is 6.92 Å². The molecule has 0 aliphatic carbocycles. The number of piperidine rings is 2. The molecule has 44 heavy (non-hydrogen) atoms. The van der Waals surface area contributed by atoms with Gasteiger partial charge in [-0.25, -0.2) is 0 Å². The van der Waals surface area contributed by atoms with Gasteiger partial charge in [-0.05, 0) is 105 Å². The lowest BCUT2D eigenvalue weighted by molar-refractivity contribution is -0.133. The molecule has 4 aromatic rings. The van der Waals surface area contributed by atoms with Crippen LogP contribution in [0.25, 0.3) is 22.2 Å². The number of rotatable bonds is 10. The Labute approximate surface area is 265 Å². The predicted octanol–water partition coefficient (Wildman–Crippen LogP) is 5.16. The Kier molecular flexibility index (Phi) is 10.3. The van der Waals surface area contributed by atoms with E-state index in [0.717, 1.165) is 79.7 Å². The lowest BCUT2D eigenvalue weighted by atomic mass is 9.89. The highest BCUT2D eigenvalue weighted by Gasteiger charge is 2.26. The fraction of sp³-hybridized carbons (Fsp3) is 0.412. The van der Waals surface area contributed by atoms with E-state index in [1.54, 1.807) is 0 Å². The first kappa shape index (κ1) is 31.6. The highest BCUT2D eigenvalue weighted by atomic mass is 35.5. The van der Waals surface area contributed by atoms with Crippen molar-refractivity contribution in [3.05, 3.63) is 77.6 Å². The van der Waals surface area contributed by atoms with E-state index in [1.807, 2.05) is 16.9 Å². The minimum absolute atomic E-state index is 0. The zero-order chi connectivity index (χ0) is 29.8. The standard InChI is InChI=1S/C34H41N7O2.ClH/c1-23-20-26(4-5-27(23)21-35)29-12-15-36-31-22-41(39-33(29)31)17-3-2-16-40-18-13-25(14-19-40)24-6-8-28(9-7-24)37-30-10-11-32(42)38-34(30)43;/h4-9,12,15,20,22,25,30,37H,2-3,10-11,13-14,16-19,21,35H2,1H3,(H,38,42,43);1H. The number of benzene rings is 2. The summed E-state index contributed by atoms with van der Waals surface area (Å²) in [5, 5.41) is 10.6. The van der Waals surface area contributed by atoms with E-state index in [1.165, 1.54) is 16.7 Å². The van der Waals surface area contributed by atoms with Gasteiger partial charge < -0.3 is 16.0 Å². The number of unbranched alkanes of at least 4 members (excludes halogenated alkanes) is 1. The van der Waals surface area contributed by atoms with Gasteiger partial charge in [0.2, 0.25) is 11.8 Å². The fourth-order valence-electron chi connectivity index (χ4n) is 6.39. The van der Waals surface area contributed by atoms with Gasteiger partial charge in [-0.1, -0.05) is 30.3 Å². The van der Waals surface area contributed by atoms with E-state index >= 15 is 0 Å². The number of likely N-dealkylation sites (tertiary alicyclic amines) is 1. The Hall–Kier alpha value is -3.79. The monoisotopic (exact) mass is 615 g/mol. The molecule has 2 amide bonds. The molecule has 2 aliphatic rings. The van der Waals surface area contributed by atoms with E-state index in [-0.39, 0.29) is 30.3 Å². The summed E-state index contributed by atoms with van der Waals surface area (Å²) >= 11 is 0. The number of nitrogens with two attached hydrogens (primary N) is 1. The average Bonchev–Trinajstić information content (AvgIpc) is 3.45. The molecule has 9 nitrogen and oxygen atoms in total. The molecule has 10 heteroatoms. The van der Waals surface area contributed by atoms with Gasteiger partial charge in [0.15, 0.2) is 0 Å². The van der Waals surface area contributed by atoms with Crippen LogP contribution in [0.5, 0.6) is 0 Å². The van der Waals surface area contributed by atoms with Crippen molar-refractivity contribution in [1.82, 2.24) is 25.0 Å². The first-order valence-electron chi connectivity index (χ1n) is 15.5. The van der Waals surface area contributed by atoms with Crippen LogP contribution in [-0.2, 0) is 22.7 Å². The summed E-state index contributed by atoms with van der Waals surface area (Å²) in [5.41, 5.74) is 14.6. The molecule has 0 bridgehead atoms. The highest BCUT2D eigenvalue weighted by molar-refractivity contribution is 6.01. The van der Waals surface area contributed by atoms with Gasteiger partial charge in [-0.3, -0.25) is 24.6 Å². The van der Waals surface area contributed by atoms with Gasteiger partial charge in [0.05, 0.1) is 6.20 Å². The second kappa shape index (κ2) is 14.3. The predicted molar refractivity (Wildman–Crippen MR) is 177 cm³/mol. The Morgan fingerprint density at radius 2 is 1.77 bits per heavy atom. The van der Waals surface area contributed by atoms with Gasteiger partial charge in [0.1, 0.15) is 17.1 Å². The number of nitrogens with one attached hydrogen (secondary N) is 2. The SMILES string of the molecule is Cc1cc(-c2ccnc3cn(CCCCN4CCC(c5ccc(NC6CCC(=O)NC6=O)cc5)CC4)nc23)ccc1CN.Cl. The van der Waals surface area contributed by atoms with Crippen molar-refractivity contribution in [2.24, 2.45) is 5.73 Å². The number of amides is 2. The van der Waals surface area contributed by atoms with E-state index in [2.05, 4.69) is 76.1 Å². The molecule has 1 unspecified atom stereocenters. The average molecular weight is 616 g/mol. The summed E-state index contributed by atoms with van der Waals surface area (Å²) in [6, 6.07) is 16.6. The molecule has 2 fully saturated rings. The molecule has 0 saturated carbocycles. The van der Waals surface area contributed by atoms with Gasteiger partial charge in [0.25, 0.3) is 0 Å². The maximum absolute atomic E-state index is 12.0. The van der Waals surface area contributed by atoms with Crippen molar-refractivity contribution in [1.29, 1.82) is 0 Å². The molecule has 232 valence electrons. The van der Waals surface area contributed by atoms with Gasteiger partial charge >= 0.3 is 0 Å². The topological polar surface area (TPSA) is 118 Å². The number of imide groups is 1. The number of anilines is 1. The maximum atomic E-state index is 12.0. The Balaban J connectivity index is 0.00000384. The lowest BCUT2D eigenvalue weighted by Gasteiger charge is -2.32. The minimum Gasteiger partial charge on any atom is -0.374 e. The first-order valence-corrected chi connectivity index (χ1v) is 15.5. The number of halogens is 1. The van der Waals surface area contributed by atoms with E-state index in [0.29, 0.717) is 25.3 Å². The maximum Gasteiger partial charge on any atom is 0.249 e. The van der Waals surface area contributed by atoms with Crippen molar-refractivity contribution in [2.75, 3.05) is 25.0 Å². The van der Waals surface area contributed by atoms with E-state index in [4.69, 9.17) is 10.8 Å². The molecule has 2 aromatic heterocycles. The normalized spacial score (nSPS) is 17.8. The molecular weight excluding hydrogens is 574 g/mol. The van der Waals surface area contributed by atoms with Crippen molar-refractivity contribution in [3.8, 4) is 11.1 Å². The van der Waals surface area contributed by atoms with Crippen molar-refractivity contribution in [3.63, 3.8) is 0 Å². The van der Waals surface area contributed by atoms with Gasteiger partial charge in [-0.15, -0.1) is 12.4 Å². The lowest BCUT2D eigenvalue weighted by Crippen LogP contribution is -2.47. The summed E-state index contributed by atoms with van der Waals surface area (Å²) in [5.74, 6) is 0.135. The number of carbonyl (C=O) groups excluding carboxylic acids is 2. The smallest absolute Gasteiger partial charge is 0.249 e. The molecule has 2 aliphatic heterocycles. The Morgan fingerprint density at radius 3 is 2.50 bits per heavy atom. The van der Waals surface area contributed by atoms with Gasteiger partial charge in [-0.2, -0.15) is 5.10 Å². The molecular formula is C34H42ClN7O2. The van der Waals surface area contributed by atoms with Crippen LogP contribution < -0.4 is 16.4 Å². The first-order chi connectivity index (χ1) is 21.0. The number of aromatic nitrogens is 3. The number of pyridine rings is 1. The van der Waals surface area contributed by atoms with Crippen molar-refractivity contribution < 1.29 is 9.59 Å². The molecule has 2 aromatic carbocycles. The molecule has 2 saturated heterocycles. The van der Waals surface area contributed by atoms with Crippen molar-refractivity contribution in [2.45, 2.75) is 70.5 Å². The summed E-state index contributed by atoms with van der Waals surface area (Å²) in [6.45, 7) is 6.87. The van der Waals surface area contributed by atoms with Crippen LogP contribution in [0.2, 0.25) is 0 Å². The summed E-state index contributed by atoms with van der Waals surface area (Å²) in [6.07, 6.45) is 9.38. The van der Waals surface area contributed by atoms with Crippen LogP contribution in [0.15, 0.2) is 60.9 Å². The second-order valence-corrected chi connectivity index (χ2v) is 11.9. The molecule has 6 rings (SSSR count). The number of fused-ring (bicyclic) bond motifs is 1. The molecule has 0 radical (unpaired) electrons. The summed E-state index contributed by atoms with van der Waals surface area (Å²) in [4.78, 5) is 30.6. The van der Waals surface area contributed by atoms with Crippen LogP contribution in [-0.4, -0.2) is 57.2 Å². The number of hydrogen-bond donors (Lipinski definition) is 3. The number of carbonyl (C=O) groups is 2. The zero-order valence-electron chi connectivity index (χ0n) is 25.3.